The maximum absolute atomic E-state index is 14.6. The first kappa shape index (κ1) is 16.7. The third kappa shape index (κ3) is 4.18. The normalized spacial score (nSPS) is 18.4. The molecule has 118 valence electrons. The van der Waals surface area contributed by atoms with Gasteiger partial charge in [-0.2, -0.15) is 0 Å². The highest BCUT2D eigenvalue weighted by Crippen LogP contribution is 2.40. The molecule has 0 saturated heterocycles. The van der Waals surface area contributed by atoms with Crippen LogP contribution in [0, 0.1) is 5.82 Å². The zero-order chi connectivity index (χ0) is 15.1. The van der Waals surface area contributed by atoms with Crippen LogP contribution in [0.3, 0.4) is 0 Å². The highest BCUT2D eigenvalue weighted by atomic mass is 35.5. The number of hydrogen-bond donors (Lipinski definition) is 1. The molecule has 2 rings (SSSR count). The number of hydrogen-bond acceptors (Lipinski definition) is 2. The van der Waals surface area contributed by atoms with E-state index in [9.17, 15) is 4.39 Å². The van der Waals surface area contributed by atoms with Crippen LogP contribution < -0.4 is 5.32 Å². The topological polar surface area (TPSA) is 21.3 Å². The van der Waals surface area contributed by atoms with Gasteiger partial charge in [-0.1, -0.05) is 49.4 Å². The molecule has 1 aromatic rings. The Morgan fingerprint density at radius 3 is 2.62 bits per heavy atom. The van der Waals surface area contributed by atoms with E-state index in [4.69, 9.17) is 16.3 Å². The third-order valence-electron chi connectivity index (χ3n) is 4.53. The van der Waals surface area contributed by atoms with Gasteiger partial charge in [0.2, 0.25) is 0 Å². The molecule has 0 heterocycles. The predicted molar refractivity (Wildman–Crippen MR) is 85.5 cm³/mol. The molecule has 1 saturated carbocycles. The molecule has 0 unspecified atom stereocenters. The first-order valence-corrected chi connectivity index (χ1v) is 8.21. The molecule has 1 aliphatic carbocycles. The molecule has 1 aromatic carbocycles. The van der Waals surface area contributed by atoms with Crippen molar-refractivity contribution in [3.05, 3.63) is 34.6 Å². The maximum Gasteiger partial charge on any atom is 0.145 e. The van der Waals surface area contributed by atoms with Crippen molar-refractivity contribution in [2.24, 2.45) is 0 Å². The van der Waals surface area contributed by atoms with Gasteiger partial charge in [0.1, 0.15) is 5.82 Å². The Kier molecular flexibility index (Phi) is 6.46. The van der Waals surface area contributed by atoms with Crippen LogP contribution in [0.15, 0.2) is 18.2 Å². The fraction of sp³-hybridized carbons (Fsp3) is 0.647. The van der Waals surface area contributed by atoms with Crippen LogP contribution in [0.4, 0.5) is 4.39 Å². The van der Waals surface area contributed by atoms with E-state index in [1.54, 1.807) is 13.2 Å². The summed E-state index contributed by atoms with van der Waals surface area (Å²) in [6.07, 6.45) is 6.81. The number of benzene rings is 1. The predicted octanol–water partition coefficient (Wildman–Crippen LogP) is 4.31. The first-order chi connectivity index (χ1) is 10.2. The molecular formula is C17H25ClFNO. The third-order valence-corrected chi connectivity index (χ3v) is 4.82. The van der Waals surface area contributed by atoms with Crippen LogP contribution >= 0.6 is 11.6 Å². The van der Waals surface area contributed by atoms with Gasteiger partial charge < -0.3 is 10.1 Å². The van der Waals surface area contributed by atoms with Crippen LogP contribution in [0.5, 0.6) is 0 Å². The maximum atomic E-state index is 14.6. The molecule has 21 heavy (non-hydrogen) atoms. The van der Waals surface area contributed by atoms with Crippen molar-refractivity contribution < 1.29 is 9.13 Å². The molecule has 0 radical (unpaired) electrons. The monoisotopic (exact) mass is 313 g/mol. The summed E-state index contributed by atoms with van der Waals surface area (Å²) >= 11 is 6.00. The number of nitrogens with one attached hydrogen (secondary N) is 1. The van der Waals surface area contributed by atoms with Crippen molar-refractivity contribution in [3.8, 4) is 0 Å². The molecule has 1 aliphatic rings. The standard InChI is InChI=1S/C17H25ClFNO/c1-21-12-11-20-13-17(9-4-2-3-5-10-17)14-7-6-8-15(18)16(14)19/h6-8,20H,2-5,9-13H2,1H3. The summed E-state index contributed by atoms with van der Waals surface area (Å²) < 4.78 is 19.6. The van der Waals surface area contributed by atoms with Gasteiger partial charge in [-0.15, -0.1) is 0 Å². The second-order valence-corrected chi connectivity index (χ2v) is 6.37. The highest BCUT2D eigenvalue weighted by molar-refractivity contribution is 6.30. The number of rotatable bonds is 6. The van der Waals surface area contributed by atoms with Gasteiger partial charge in [0.05, 0.1) is 11.6 Å². The molecule has 1 N–H and O–H groups in total. The minimum absolute atomic E-state index is 0.140. The lowest BCUT2D eigenvalue weighted by Crippen LogP contribution is -2.40. The van der Waals surface area contributed by atoms with Gasteiger partial charge in [-0.25, -0.2) is 4.39 Å². The highest BCUT2D eigenvalue weighted by Gasteiger charge is 2.35. The molecule has 0 aliphatic heterocycles. The molecule has 0 spiro atoms. The zero-order valence-corrected chi connectivity index (χ0v) is 13.5. The van der Waals surface area contributed by atoms with Crippen molar-refractivity contribution in [2.75, 3.05) is 26.8 Å². The van der Waals surface area contributed by atoms with Crippen molar-refractivity contribution in [2.45, 2.75) is 43.9 Å². The summed E-state index contributed by atoms with van der Waals surface area (Å²) in [5, 5.41) is 3.66. The van der Waals surface area contributed by atoms with Crippen molar-refractivity contribution in [1.82, 2.24) is 5.32 Å². The SMILES string of the molecule is COCCNCC1(c2cccc(Cl)c2F)CCCCCC1. The Balaban J connectivity index is 2.23. The lowest BCUT2D eigenvalue weighted by atomic mass is 9.74. The Hall–Kier alpha value is -0.640. The first-order valence-electron chi connectivity index (χ1n) is 7.84. The molecule has 0 bridgehead atoms. The Bertz CT molecular complexity index is 444. The van der Waals surface area contributed by atoms with Crippen molar-refractivity contribution in [1.29, 1.82) is 0 Å². The van der Waals surface area contributed by atoms with E-state index in [0.29, 0.717) is 6.61 Å². The summed E-state index contributed by atoms with van der Waals surface area (Å²) in [6, 6.07) is 5.40. The van der Waals surface area contributed by atoms with Crippen LogP contribution in [0.25, 0.3) is 0 Å². The fourth-order valence-electron chi connectivity index (χ4n) is 3.36. The fourth-order valence-corrected chi connectivity index (χ4v) is 3.54. The van der Waals surface area contributed by atoms with Gasteiger partial charge in [-0.05, 0) is 24.5 Å². The van der Waals surface area contributed by atoms with E-state index in [1.165, 1.54) is 12.8 Å². The summed E-state index contributed by atoms with van der Waals surface area (Å²) in [6.45, 7) is 2.25. The minimum atomic E-state index is -0.241. The molecule has 2 nitrogen and oxygen atoms in total. The zero-order valence-electron chi connectivity index (χ0n) is 12.8. The van der Waals surface area contributed by atoms with Crippen LogP contribution in [-0.2, 0) is 10.2 Å². The van der Waals surface area contributed by atoms with Crippen LogP contribution in [0.1, 0.15) is 44.1 Å². The van der Waals surface area contributed by atoms with E-state index in [0.717, 1.165) is 44.3 Å². The van der Waals surface area contributed by atoms with Gasteiger partial charge in [0.25, 0.3) is 0 Å². The quantitative estimate of drug-likeness (QED) is 0.624. The number of methoxy groups -OCH3 is 1. The van der Waals surface area contributed by atoms with Gasteiger partial charge in [0.15, 0.2) is 0 Å². The van der Waals surface area contributed by atoms with E-state index in [2.05, 4.69) is 5.32 Å². The smallest absolute Gasteiger partial charge is 0.145 e. The van der Waals surface area contributed by atoms with Crippen molar-refractivity contribution in [3.63, 3.8) is 0 Å². The van der Waals surface area contributed by atoms with E-state index < -0.39 is 0 Å². The summed E-state index contributed by atoms with van der Waals surface area (Å²) in [5.41, 5.74) is 0.640. The molecule has 4 heteroatoms. The second-order valence-electron chi connectivity index (χ2n) is 5.97. The van der Waals surface area contributed by atoms with E-state index >= 15 is 0 Å². The van der Waals surface area contributed by atoms with Gasteiger partial charge >= 0.3 is 0 Å². The number of ether oxygens (including phenoxy) is 1. The Labute approximate surface area is 132 Å². The van der Waals surface area contributed by atoms with E-state index in [-0.39, 0.29) is 16.3 Å². The van der Waals surface area contributed by atoms with Crippen LogP contribution in [-0.4, -0.2) is 26.8 Å². The summed E-state index contributed by atoms with van der Waals surface area (Å²) in [7, 11) is 1.69. The minimum Gasteiger partial charge on any atom is -0.383 e. The molecule has 0 atom stereocenters. The average molecular weight is 314 g/mol. The van der Waals surface area contributed by atoms with Crippen molar-refractivity contribution >= 4 is 11.6 Å². The molecular weight excluding hydrogens is 289 g/mol. The molecule has 0 amide bonds. The summed E-state index contributed by atoms with van der Waals surface area (Å²) in [5.74, 6) is -0.241. The summed E-state index contributed by atoms with van der Waals surface area (Å²) in [4.78, 5) is 0. The van der Waals surface area contributed by atoms with E-state index in [1.807, 2.05) is 12.1 Å². The second kappa shape index (κ2) is 8.11. The lowest BCUT2D eigenvalue weighted by Gasteiger charge is -2.34. The number of halogens is 2. The molecule has 0 aromatic heterocycles. The average Bonchev–Trinajstić information content (AvgIpc) is 2.73. The largest absolute Gasteiger partial charge is 0.383 e. The molecule has 1 fully saturated rings. The van der Waals surface area contributed by atoms with Gasteiger partial charge in [0, 0.05) is 25.6 Å². The van der Waals surface area contributed by atoms with Gasteiger partial charge in [-0.3, -0.25) is 0 Å². The Morgan fingerprint density at radius 2 is 1.95 bits per heavy atom. The Morgan fingerprint density at radius 1 is 1.24 bits per heavy atom. The lowest BCUT2D eigenvalue weighted by molar-refractivity contribution is 0.195. The van der Waals surface area contributed by atoms with Crippen LogP contribution in [0.2, 0.25) is 5.02 Å².